The minimum absolute atomic E-state index is 0.291. The van der Waals surface area contributed by atoms with Gasteiger partial charge in [-0.2, -0.15) is 0 Å². The van der Waals surface area contributed by atoms with Crippen LogP contribution in [0.4, 0.5) is 0 Å². The normalized spacial score (nSPS) is 32.7. The first-order valence-electron chi connectivity index (χ1n) is 6.83. The molecule has 6 heteroatoms. The quantitative estimate of drug-likeness (QED) is 0.792. The summed E-state index contributed by atoms with van der Waals surface area (Å²) >= 11 is 0. The molecule has 1 heterocycles. The molecule has 2 N–H and O–H groups in total. The van der Waals surface area contributed by atoms with Crippen molar-refractivity contribution in [3.8, 4) is 0 Å². The number of carbonyl (C=O) groups is 1. The smallest absolute Gasteiger partial charge is 0.303 e. The summed E-state index contributed by atoms with van der Waals surface area (Å²) in [6, 6.07) is 9.48. The highest BCUT2D eigenvalue weighted by Crippen LogP contribution is 2.25. The standard InChI is InChI=1S/C15H20O6/c1-9-13(19-8-11-6-4-3-5-7-11)12(17)14(15(18)20-9)21-10(2)16/h3-7,9,12-15,17-18H,8H2,1-2H3/t9-,12+,13-,14+,15+/m0/s1. The van der Waals surface area contributed by atoms with E-state index in [1.807, 2.05) is 30.3 Å². The Bertz CT molecular complexity index is 462. The Balaban J connectivity index is 2.01. The van der Waals surface area contributed by atoms with Gasteiger partial charge in [0.2, 0.25) is 0 Å². The number of benzene rings is 1. The number of hydrogen-bond acceptors (Lipinski definition) is 6. The lowest BCUT2D eigenvalue weighted by atomic mass is 9.99. The second kappa shape index (κ2) is 7.00. The van der Waals surface area contributed by atoms with E-state index in [-0.39, 0.29) is 0 Å². The number of rotatable bonds is 4. The van der Waals surface area contributed by atoms with Gasteiger partial charge >= 0.3 is 5.97 Å². The fourth-order valence-corrected chi connectivity index (χ4v) is 2.33. The third kappa shape index (κ3) is 4.01. The van der Waals surface area contributed by atoms with Gasteiger partial charge in [-0.1, -0.05) is 30.3 Å². The van der Waals surface area contributed by atoms with E-state index in [4.69, 9.17) is 14.2 Å². The molecule has 0 radical (unpaired) electrons. The molecule has 0 saturated carbocycles. The molecule has 0 aromatic heterocycles. The average molecular weight is 296 g/mol. The van der Waals surface area contributed by atoms with Crippen molar-refractivity contribution in [1.82, 2.24) is 0 Å². The molecule has 1 saturated heterocycles. The first-order valence-corrected chi connectivity index (χ1v) is 6.83. The number of aliphatic hydroxyl groups is 2. The van der Waals surface area contributed by atoms with Gasteiger partial charge in [0.1, 0.15) is 12.2 Å². The summed E-state index contributed by atoms with van der Waals surface area (Å²) in [4.78, 5) is 11.0. The Morgan fingerprint density at radius 3 is 2.52 bits per heavy atom. The highest BCUT2D eigenvalue weighted by Gasteiger charge is 2.45. The number of hydrogen-bond donors (Lipinski definition) is 2. The highest BCUT2D eigenvalue weighted by molar-refractivity contribution is 5.66. The van der Waals surface area contributed by atoms with Crippen LogP contribution >= 0.6 is 0 Å². The molecule has 6 nitrogen and oxygen atoms in total. The van der Waals surface area contributed by atoms with Gasteiger partial charge in [-0.15, -0.1) is 0 Å². The van der Waals surface area contributed by atoms with Crippen LogP contribution in [0.15, 0.2) is 30.3 Å². The zero-order valence-electron chi connectivity index (χ0n) is 12.0. The molecular weight excluding hydrogens is 276 g/mol. The van der Waals surface area contributed by atoms with Gasteiger partial charge in [-0.25, -0.2) is 0 Å². The van der Waals surface area contributed by atoms with Crippen molar-refractivity contribution in [2.24, 2.45) is 0 Å². The lowest BCUT2D eigenvalue weighted by Crippen LogP contribution is -2.58. The first kappa shape index (κ1) is 15.9. The molecule has 1 aromatic rings. The van der Waals surface area contributed by atoms with Crippen LogP contribution in [0, 0.1) is 0 Å². The Labute approximate surface area is 123 Å². The predicted octanol–water partition coefficient (Wildman–Crippen LogP) is 0.601. The summed E-state index contributed by atoms with van der Waals surface area (Å²) in [5.74, 6) is -0.599. The maximum absolute atomic E-state index is 11.0. The van der Waals surface area contributed by atoms with E-state index in [1.165, 1.54) is 6.92 Å². The van der Waals surface area contributed by atoms with Crippen molar-refractivity contribution < 1.29 is 29.2 Å². The topological polar surface area (TPSA) is 85.2 Å². The van der Waals surface area contributed by atoms with Gasteiger partial charge in [0.05, 0.1) is 12.7 Å². The summed E-state index contributed by atoms with van der Waals surface area (Å²) in [6.07, 6.45) is -4.89. The lowest BCUT2D eigenvalue weighted by Gasteiger charge is -2.40. The largest absolute Gasteiger partial charge is 0.454 e. The third-order valence-electron chi connectivity index (χ3n) is 3.36. The van der Waals surface area contributed by atoms with Crippen LogP contribution in [0.25, 0.3) is 0 Å². The second-order valence-corrected chi connectivity index (χ2v) is 5.06. The molecule has 1 aromatic carbocycles. The van der Waals surface area contributed by atoms with Crippen molar-refractivity contribution >= 4 is 5.97 Å². The van der Waals surface area contributed by atoms with Crippen molar-refractivity contribution in [2.45, 2.75) is 51.2 Å². The van der Waals surface area contributed by atoms with E-state index in [9.17, 15) is 15.0 Å². The fraction of sp³-hybridized carbons (Fsp3) is 0.533. The van der Waals surface area contributed by atoms with Crippen LogP contribution in [-0.2, 0) is 25.6 Å². The third-order valence-corrected chi connectivity index (χ3v) is 3.36. The zero-order chi connectivity index (χ0) is 15.4. The Morgan fingerprint density at radius 2 is 1.90 bits per heavy atom. The van der Waals surface area contributed by atoms with Gasteiger partial charge in [-0.3, -0.25) is 4.79 Å². The molecule has 21 heavy (non-hydrogen) atoms. The van der Waals surface area contributed by atoms with Gasteiger partial charge in [0.15, 0.2) is 12.4 Å². The van der Waals surface area contributed by atoms with Crippen LogP contribution in [0.2, 0.25) is 0 Å². The molecule has 0 unspecified atom stereocenters. The molecule has 0 amide bonds. The molecule has 116 valence electrons. The van der Waals surface area contributed by atoms with Crippen molar-refractivity contribution in [3.63, 3.8) is 0 Å². The van der Waals surface area contributed by atoms with Crippen LogP contribution in [0.1, 0.15) is 19.4 Å². The van der Waals surface area contributed by atoms with E-state index < -0.39 is 36.7 Å². The van der Waals surface area contributed by atoms with Crippen molar-refractivity contribution in [3.05, 3.63) is 35.9 Å². The van der Waals surface area contributed by atoms with Crippen LogP contribution in [-0.4, -0.2) is 46.9 Å². The number of ether oxygens (including phenoxy) is 3. The van der Waals surface area contributed by atoms with Crippen LogP contribution < -0.4 is 0 Å². The highest BCUT2D eigenvalue weighted by atomic mass is 16.7. The molecule has 1 aliphatic heterocycles. The molecule has 0 spiro atoms. The zero-order valence-corrected chi connectivity index (χ0v) is 12.0. The predicted molar refractivity (Wildman–Crippen MR) is 73.1 cm³/mol. The number of carbonyl (C=O) groups excluding carboxylic acids is 1. The van der Waals surface area contributed by atoms with E-state index in [0.717, 1.165) is 5.56 Å². The van der Waals surface area contributed by atoms with E-state index in [1.54, 1.807) is 6.92 Å². The molecule has 0 bridgehead atoms. The molecule has 2 rings (SSSR count). The van der Waals surface area contributed by atoms with E-state index in [0.29, 0.717) is 6.61 Å². The summed E-state index contributed by atoms with van der Waals surface area (Å²) in [7, 11) is 0. The maximum Gasteiger partial charge on any atom is 0.303 e. The monoisotopic (exact) mass is 296 g/mol. The Morgan fingerprint density at radius 1 is 1.24 bits per heavy atom. The van der Waals surface area contributed by atoms with Gasteiger partial charge in [0, 0.05) is 6.92 Å². The fourth-order valence-electron chi connectivity index (χ4n) is 2.33. The summed E-state index contributed by atoms with van der Waals surface area (Å²) < 4.78 is 15.8. The van der Waals surface area contributed by atoms with Gasteiger partial charge in [0.25, 0.3) is 0 Å². The summed E-state index contributed by atoms with van der Waals surface area (Å²) in [5.41, 5.74) is 0.951. The minimum atomic E-state index is -1.37. The maximum atomic E-state index is 11.0. The van der Waals surface area contributed by atoms with E-state index >= 15 is 0 Å². The SMILES string of the molecule is CC(=O)O[C@@H]1[C@H](O)[C@@H](OCc2ccccc2)[C@H](C)O[C@H]1O. The summed E-state index contributed by atoms with van der Waals surface area (Å²) in [6.45, 7) is 3.18. The van der Waals surface area contributed by atoms with Crippen LogP contribution in [0.5, 0.6) is 0 Å². The number of esters is 1. The van der Waals surface area contributed by atoms with Crippen molar-refractivity contribution in [1.29, 1.82) is 0 Å². The molecule has 5 atom stereocenters. The lowest BCUT2D eigenvalue weighted by molar-refractivity contribution is -0.291. The molecule has 0 aliphatic carbocycles. The molecule has 1 aliphatic rings. The summed E-state index contributed by atoms with van der Waals surface area (Å²) in [5, 5.41) is 20.0. The Hall–Kier alpha value is -1.47. The Kier molecular flexibility index (Phi) is 5.30. The van der Waals surface area contributed by atoms with Gasteiger partial charge < -0.3 is 24.4 Å². The van der Waals surface area contributed by atoms with Crippen LogP contribution in [0.3, 0.4) is 0 Å². The average Bonchev–Trinajstić information content (AvgIpc) is 2.44. The van der Waals surface area contributed by atoms with E-state index in [2.05, 4.69) is 0 Å². The first-order chi connectivity index (χ1) is 9.99. The van der Waals surface area contributed by atoms with Gasteiger partial charge in [-0.05, 0) is 12.5 Å². The number of aliphatic hydroxyl groups excluding tert-OH is 2. The molecular formula is C15H20O6. The minimum Gasteiger partial charge on any atom is -0.454 e. The molecule has 1 fully saturated rings. The van der Waals surface area contributed by atoms with Crippen molar-refractivity contribution in [2.75, 3.05) is 0 Å². The second-order valence-electron chi connectivity index (χ2n) is 5.06.